The summed E-state index contributed by atoms with van der Waals surface area (Å²) < 4.78 is 30.6. The van der Waals surface area contributed by atoms with Gasteiger partial charge in [-0.3, -0.25) is 4.79 Å². The second kappa shape index (κ2) is 9.37. The average molecular weight is 496 g/mol. The number of carbonyl (C=O) groups excluding carboxylic acids is 1. The summed E-state index contributed by atoms with van der Waals surface area (Å²) in [4.78, 5) is 19.7. The van der Waals surface area contributed by atoms with Crippen molar-refractivity contribution >= 4 is 22.4 Å². The number of hydrogen-bond donors (Lipinski definition) is 1. The highest BCUT2D eigenvalue weighted by Gasteiger charge is 2.34. The van der Waals surface area contributed by atoms with E-state index in [1.165, 1.54) is 23.5 Å². The Kier molecular flexibility index (Phi) is 5.93. The fourth-order valence-corrected chi connectivity index (χ4v) is 5.47. The Labute approximate surface area is 206 Å². The molecule has 0 spiro atoms. The van der Waals surface area contributed by atoms with Crippen LogP contribution < -0.4 is 19.5 Å². The molecule has 3 heterocycles. The number of ether oxygens (including phenoxy) is 3. The normalized spacial score (nSPS) is 21.1. The largest absolute Gasteiger partial charge is 0.493 e. The van der Waals surface area contributed by atoms with Crippen LogP contribution in [0.15, 0.2) is 47.8 Å². The van der Waals surface area contributed by atoms with Crippen molar-refractivity contribution in [3.8, 4) is 17.2 Å². The van der Waals surface area contributed by atoms with E-state index in [1.54, 1.807) is 0 Å². The molecule has 3 aromatic rings. The Morgan fingerprint density at radius 3 is 2.80 bits per heavy atom. The van der Waals surface area contributed by atoms with Crippen LogP contribution in [-0.4, -0.2) is 48.3 Å². The van der Waals surface area contributed by atoms with Crippen molar-refractivity contribution < 1.29 is 23.4 Å². The second-order valence-electron chi connectivity index (χ2n) is 9.24. The number of piperidine rings is 1. The Morgan fingerprint density at radius 1 is 1.14 bits per heavy atom. The lowest BCUT2D eigenvalue weighted by Crippen LogP contribution is -2.45. The first kappa shape index (κ1) is 22.2. The number of likely N-dealkylation sites (tertiary alicyclic amines) is 1. The number of thiazole rings is 1. The van der Waals surface area contributed by atoms with Crippen molar-refractivity contribution in [1.82, 2.24) is 9.88 Å². The molecule has 0 radical (unpaired) electrons. The minimum atomic E-state index is -0.256. The Bertz CT molecular complexity index is 1210. The predicted molar refractivity (Wildman–Crippen MR) is 130 cm³/mol. The Balaban J connectivity index is 1.18. The summed E-state index contributed by atoms with van der Waals surface area (Å²) in [7, 11) is 0. The Hall–Kier alpha value is -3.33. The molecule has 0 unspecified atom stereocenters. The van der Waals surface area contributed by atoms with Gasteiger partial charge in [-0.1, -0.05) is 12.1 Å². The maximum absolute atomic E-state index is 13.6. The highest BCUT2D eigenvalue weighted by Crippen LogP contribution is 2.37. The van der Waals surface area contributed by atoms with E-state index in [0.29, 0.717) is 48.7 Å². The van der Waals surface area contributed by atoms with E-state index in [9.17, 15) is 9.18 Å². The molecule has 2 aromatic carbocycles. The number of benzene rings is 2. The molecule has 1 N–H and O–H groups in total. The molecule has 9 heteroatoms. The summed E-state index contributed by atoms with van der Waals surface area (Å²) in [5.41, 5.74) is 1.54. The van der Waals surface area contributed by atoms with Gasteiger partial charge in [0.2, 0.25) is 6.79 Å². The molecule has 35 heavy (non-hydrogen) atoms. The number of fused-ring (bicyclic) bond motifs is 1. The highest BCUT2D eigenvalue weighted by molar-refractivity contribution is 7.13. The van der Waals surface area contributed by atoms with Gasteiger partial charge < -0.3 is 24.4 Å². The third-order valence-corrected chi connectivity index (χ3v) is 7.53. The number of nitrogens with one attached hydrogen (secondary N) is 1. The number of nitrogens with zero attached hydrogens (tertiary/aromatic N) is 2. The molecule has 7 nitrogen and oxygen atoms in total. The molecule has 1 aromatic heterocycles. The first-order chi connectivity index (χ1) is 17.1. The van der Waals surface area contributed by atoms with E-state index in [-0.39, 0.29) is 30.4 Å². The fraction of sp³-hybridized carbons (Fsp3) is 0.385. The van der Waals surface area contributed by atoms with Crippen LogP contribution in [0.3, 0.4) is 0 Å². The lowest BCUT2D eigenvalue weighted by Gasteiger charge is -2.38. The van der Waals surface area contributed by atoms with E-state index in [2.05, 4.69) is 10.3 Å². The van der Waals surface area contributed by atoms with E-state index in [4.69, 9.17) is 14.2 Å². The second-order valence-corrected chi connectivity index (χ2v) is 10.1. The van der Waals surface area contributed by atoms with Crippen molar-refractivity contribution in [3.63, 3.8) is 0 Å². The average Bonchev–Trinajstić information content (AvgIpc) is 3.36. The van der Waals surface area contributed by atoms with Crippen molar-refractivity contribution in [2.24, 2.45) is 5.92 Å². The smallest absolute Gasteiger partial charge is 0.273 e. The molecular formula is C26H26FN3O4S. The van der Waals surface area contributed by atoms with Gasteiger partial charge in [0.1, 0.15) is 17.3 Å². The fourth-order valence-electron chi connectivity index (χ4n) is 4.71. The standard InChI is InChI=1S/C26H26FN3O4S/c27-18-3-1-16(2-4-18)21-9-10-30(25(31)22-14-35-26(29-22)28-19-5-6-19)12-17(21)13-32-20-7-8-23-24(11-20)34-15-33-23/h1-4,7-8,11,14,17,19,21H,5-6,9-10,12-13,15H2,(H,28,29)/t17-,21-/m0/s1. The molecule has 182 valence electrons. The van der Waals surface area contributed by atoms with Crippen LogP contribution in [0.25, 0.3) is 0 Å². The molecule has 1 aliphatic carbocycles. The lowest BCUT2D eigenvalue weighted by atomic mass is 9.80. The van der Waals surface area contributed by atoms with Crippen LogP contribution in [0.4, 0.5) is 9.52 Å². The lowest BCUT2D eigenvalue weighted by molar-refractivity contribution is 0.0590. The minimum Gasteiger partial charge on any atom is -0.493 e. The van der Waals surface area contributed by atoms with Gasteiger partial charge in [-0.25, -0.2) is 9.37 Å². The maximum atomic E-state index is 13.6. The van der Waals surface area contributed by atoms with Crippen LogP contribution in [-0.2, 0) is 0 Å². The molecule has 2 atom stereocenters. The van der Waals surface area contributed by atoms with Crippen LogP contribution >= 0.6 is 11.3 Å². The summed E-state index contributed by atoms with van der Waals surface area (Å²) in [6, 6.07) is 12.7. The monoisotopic (exact) mass is 495 g/mol. The predicted octanol–water partition coefficient (Wildman–Crippen LogP) is 4.91. The Morgan fingerprint density at radius 2 is 1.97 bits per heavy atom. The van der Waals surface area contributed by atoms with Gasteiger partial charge >= 0.3 is 0 Å². The first-order valence-corrected chi connectivity index (χ1v) is 12.8. The van der Waals surface area contributed by atoms with Gasteiger partial charge in [0, 0.05) is 36.5 Å². The SMILES string of the molecule is O=C(c1csc(NC2CC2)n1)N1CC[C@@H](c2ccc(F)cc2)[C@H](COc2ccc3c(c2)OCO3)C1. The molecular weight excluding hydrogens is 469 g/mol. The summed E-state index contributed by atoms with van der Waals surface area (Å²) in [6.07, 6.45) is 3.08. The molecule has 2 aliphatic heterocycles. The summed E-state index contributed by atoms with van der Waals surface area (Å²) in [6.45, 7) is 1.77. The van der Waals surface area contributed by atoms with Crippen molar-refractivity contribution in [1.29, 1.82) is 0 Å². The number of anilines is 1. The van der Waals surface area contributed by atoms with E-state index >= 15 is 0 Å². The molecule has 1 amide bonds. The zero-order valence-electron chi connectivity index (χ0n) is 19.1. The van der Waals surface area contributed by atoms with Gasteiger partial charge in [0.05, 0.1) is 6.61 Å². The van der Waals surface area contributed by atoms with Gasteiger partial charge in [-0.05, 0) is 55.0 Å². The van der Waals surface area contributed by atoms with Gasteiger partial charge in [0.15, 0.2) is 16.6 Å². The van der Waals surface area contributed by atoms with Gasteiger partial charge in [-0.2, -0.15) is 0 Å². The first-order valence-electron chi connectivity index (χ1n) is 11.9. The molecule has 1 saturated carbocycles. The zero-order valence-corrected chi connectivity index (χ0v) is 19.9. The van der Waals surface area contributed by atoms with Crippen LogP contribution in [0.1, 0.15) is 41.2 Å². The zero-order chi connectivity index (χ0) is 23.8. The van der Waals surface area contributed by atoms with Crippen LogP contribution in [0, 0.1) is 11.7 Å². The topological polar surface area (TPSA) is 72.9 Å². The third-order valence-electron chi connectivity index (χ3n) is 6.76. The number of aromatic nitrogens is 1. The number of hydrogen-bond acceptors (Lipinski definition) is 7. The van der Waals surface area contributed by atoms with Gasteiger partial charge in [-0.15, -0.1) is 11.3 Å². The molecule has 2 fully saturated rings. The van der Waals surface area contributed by atoms with Crippen molar-refractivity contribution in [2.75, 3.05) is 31.8 Å². The number of halogens is 1. The highest BCUT2D eigenvalue weighted by atomic mass is 32.1. The summed E-state index contributed by atoms with van der Waals surface area (Å²) in [5.74, 6) is 1.92. The van der Waals surface area contributed by atoms with Crippen LogP contribution in [0.5, 0.6) is 17.2 Å². The van der Waals surface area contributed by atoms with Crippen molar-refractivity contribution in [2.45, 2.75) is 31.2 Å². The van der Waals surface area contributed by atoms with E-state index in [1.807, 2.05) is 40.6 Å². The summed E-state index contributed by atoms with van der Waals surface area (Å²) >= 11 is 1.47. The molecule has 1 saturated heterocycles. The quantitative estimate of drug-likeness (QED) is 0.502. The maximum Gasteiger partial charge on any atom is 0.273 e. The number of rotatable bonds is 7. The summed E-state index contributed by atoms with van der Waals surface area (Å²) in [5, 5.41) is 5.99. The van der Waals surface area contributed by atoms with Crippen molar-refractivity contribution in [3.05, 3.63) is 64.9 Å². The molecule has 0 bridgehead atoms. The number of amides is 1. The number of carbonyl (C=O) groups is 1. The van der Waals surface area contributed by atoms with Crippen LogP contribution in [0.2, 0.25) is 0 Å². The minimum absolute atomic E-state index is 0.0336. The molecule has 6 rings (SSSR count). The van der Waals surface area contributed by atoms with E-state index < -0.39 is 0 Å². The van der Waals surface area contributed by atoms with E-state index in [0.717, 1.165) is 30.0 Å². The molecule has 3 aliphatic rings. The van der Waals surface area contributed by atoms with Gasteiger partial charge in [0.25, 0.3) is 5.91 Å². The third kappa shape index (κ3) is 4.91.